The van der Waals surface area contributed by atoms with Crippen molar-refractivity contribution in [3.63, 3.8) is 0 Å². The van der Waals surface area contributed by atoms with E-state index in [-0.39, 0.29) is 19.2 Å². The molecule has 0 radical (unpaired) electrons. The van der Waals surface area contributed by atoms with Gasteiger partial charge >= 0.3 is 5.97 Å². The summed E-state index contributed by atoms with van der Waals surface area (Å²) >= 11 is 0. The Morgan fingerprint density at radius 3 is 1.70 bits per heavy atom. The topological polar surface area (TPSA) is 49.8 Å². The third kappa shape index (κ3) is 6.83. The molecule has 0 saturated heterocycles. The van der Waals surface area contributed by atoms with Crippen LogP contribution >= 0.6 is 0 Å². The summed E-state index contributed by atoms with van der Waals surface area (Å²) in [6.07, 6.45) is 1.09. The molecule has 0 aliphatic rings. The Hall–Kier alpha value is -2.95. The number of aliphatic hydroxyl groups excluding tert-OH is 1. The first-order valence-electron chi connectivity index (χ1n) is 10.4. The minimum absolute atomic E-state index is 0.0486. The van der Waals surface area contributed by atoms with Crippen molar-refractivity contribution in [1.29, 1.82) is 0 Å². The zero-order valence-electron chi connectivity index (χ0n) is 17.2. The van der Waals surface area contributed by atoms with E-state index in [2.05, 4.69) is 29.2 Å². The van der Waals surface area contributed by atoms with E-state index in [1.807, 2.05) is 66.7 Å². The molecule has 30 heavy (non-hydrogen) atoms. The van der Waals surface area contributed by atoms with Gasteiger partial charge in [-0.3, -0.25) is 9.69 Å². The molecule has 0 bridgehead atoms. The number of benzene rings is 3. The molecular formula is C26H29NO3. The molecule has 0 fully saturated rings. The van der Waals surface area contributed by atoms with E-state index in [4.69, 9.17) is 4.74 Å². The lowest BCUT2D eigenvalue weighted by atomic mass is 10.1. The Morgan fingerprint density at radius 2 is 1.23 bits per heavy atom. The first kappa shape index (κ1) is 21.8. The zero-order valence-corrected chi connectivity index (χ0v) is 17.2. The van der Waals surface area contributed by atoms with Gasteiger partial charge in [-0.1, -0.05) is 91.0 Å². The predicted molar refractivity (Wildman–Crippen MR) is 118 cm³/mol. The lowest BCUT2D eigenvalue weighted by Crippen LogP contribution is -2.41. The average Bonchev–Trinajstić information content (AvgIpc) is 2.80. The molecule has 0 spiro atoms. The summed E-state index contributed by atoms with van der Waals surface area (Å²) in [5.74, 6) is -0.251. The molecule has 3 aromatic rings. The number of ether oxygens (including phenoxy) is 1. The second kappa shape index (κ2) is 11.9. The molecule has 1 N–H and O–H groups in total. The summed E-state index contributed by atoms with van der Waals surface area (Å²) in [7, 11) is 0. The van der Waals surface area contributed by atoms with Gasteiger partial charge in [-0.15, -0.1) is 0 Å². The smallest absolute Gasteiger partial charge is 0.323 e. The van der Waals surface area contributed by atoms with Gasteiger partial charge in [-0.05, 0) is 29.5 Å². The summed E-state index contributed by atoms with van der Waals surface area (Å²) < 4.78 is 5.68. The van der Waals surface area contributed by atoms with Crippen LogP contribution in [-0.2, 0) is 29.2 Å². The van der Waals surface area contributed by atoms with Crippen molar-refractivity contribution in [2.24, 2.45) is 0 Å². The van der Waals surface area contributed by atoms with Crippen LogP contribution in [0.2, 0.25) is 0 Å². The molecule has 0 heterocycles. The van der Waals surface area contributed by atoms with E-state index >= 15 is 0 Å². The van der Waals surface area contributed by atoms with Gasteiger partial charge in [0.1, 0.15) is 12.6 Å². The van der Waals surface area contributed by atoms with E-state index in [0.717, 1.165) is 16.7 Å². The van der Waals surface area contributed by atoms with Crippen molar-refractivity contribution in [3.8, 4) is 0 Å². The second-order valence-electron chi connectivity index (χ2n) is 7.35. The van der Waals surface area contributed by atoms with Crippen LogP contribution in [0.3, 0.4) is 0 Å². The van der Waals surface area contributed by atoms with Gasteiger partial charge in [-0.25, -0.2) is 0 Å². The molecule has 3 rings (SSSR count). The summed E-state index contributed by atoms with van der Waals surface area (Å²) in [4.78, 5) is 15.2. The maximum Gasteiger partial charge on any atom is 0.323 e. The fraction of sp³-hybridized carbons (Fsp3) is 0.269. The molecule has 0 aliphatic heterocycles. The van der Waals surface area contributed by atoms with E-state index in [0.29, 0.717) is 25.9 Å². The van der Waals surface area contributed by atoms with Gasteiger partial charge in [0.05, 0.1) is 0 Å². The second-order valence-corrected chi connectivity index (χ2v) is 7.35. The average molecular weight is 404 g/mol. The third-order valence-electron chi connectivity index (χ3n) is 5.03. The van der Waals surface area contributed by atoms with Gasteiger partial charge in [0.15, 0.2) is 0 Å². The molecule has 0 aromatic heterocycles. The fourth-order valence-corrected chi connectivity index (χ4v) is 3.47. The van der Waals surface area contributed by atoms with Gasteiger partial charge in [-0.2, -0.15) is 0 Å². The normalized spacial score (nSPS) is 11.9. The SMILES string of the molecule is O=C(OCc1ccccc1)C(CCCO)N(Cc1ccccc1)Cc1ccccc1. The summed E-state index contributed by atoms with van der Waals surface area (Å²) in [5, 5.41) is 9.40. The number of hydrogen-bond acceptors (Lipinski definition) is 4. The fourth-order valence-electron chi connectivity index (χ4n) is 3.47. The Kier molecular flexibility index (Phi) is 8.63. The first-order chi connectivity index (χ1) is 14.8. The number of esters is 1. The highest BCUT2D eigenvalue weighted by molar-refractivity contribution is 5.75. The van der Waals surface area contributed by atoms with Gasteiger partial charge in [0.25, 0.3) is 0 Å². The van der Waals surface area contributed by atoms with Crippen LogP contribution in [0.1, 0.15) is 29.5 Å². The van der Waals surface area contributed by atoms with Gasteiger partial charge in [0, 0.05) is 19.7 Å². The molecule has 0 aliphatic carbocycles. The predicted octanol–water partition coefficient (Wildman–Crippen LogP) is 4.57. The number of carbonyl (C=O) groups is 1. The van der Waals surface area contributed by atoms with Gasteiger partial charge < -0.3 is 9.84 Å². The quantitative estimate of drug-likeness (QED) is 0.477. The van der Waals surface area contributed by atoms with Crippen LogP contribution in [0.15, 0.2) is 91.0 Å². The molecular weight excluding hydrogens is 374 g/mol. The maximum atomic E-state index is 13.1. The van der Waals surface area contributed by atoms with E-state index in [1.54, 1.807) is 0 Å². The van der Waals surface area contributed by atoms with Crippen molar-refractivity contribution in [3.05, 3.63) is 108 Å². The van der Waals surface area contributed by atoms with E-state index < -0.39 is 6.04 Å². The lowest BCUT2D eigenvalue weighted by Gasteiger charge is -2.30. The van der Waals surface area contributed by atoms with Crippen molar-refractivity contribution < 1.29 is 14.6 Å². The molecule has 156 valence electrons. The molecule has 4 heteroatoms. The molecule has 3 aromatic carbocycles. The minimum atomic E-state index is -0.429. The molecule has 1 unspecified atom stereocenters. The molecule has 1 atom stereocenters. The Bertz CT molecular complexity index is 827. The highest BCUT2D eigenvalue weighted by Crippen LogP contribution is 2.18. The van der Waals surface area contributed by atoms with E-state index in [9.17, 15) is 9.90 Å². The van der Waals surface area contributed by atoms with Crippen LogP contribution < -0.4 is 0 Å². The van der Waals surface area contributed by atoms with Crippen LogP contribution in [0.4, 0.5) is 0 Å². The summed E-state index contributed by atoms with van der Waals surface area (Å²) in [6.45, 7) is 1.56. The number of carbonyl (C=O) groups excluding carboxylic acids is 1. The standard InChI is InChI=1S/C26H29NO3/c28-18-10-17-25(26(29)30-21-24-15-8-3-9-16-24)27(19-22-11-4-1-5-12-22)20-23-13-6-2-7-14-23/h1-9,11-16,25,28H,10,17-21H2. The summed E-state index contributed by atoms with van der Waals surface area (Å²) in [6, 6.07) is 29.5. The highest BCUT2D eigenvalue weighted by Gasteiger charge is 2.27. The molecule has 0 amide bonds. The number of aliphatic hydroxyl groups is 1. The highest BCUT2D eigenvalue weighted by atomic mass is 16.5. The number of nitrogens with zero attached hydrogens (tertiary/aromatic N) is 1. The Balaban J connectivity index is 1.78. The molecule has 4 nitrogen and oxygen atoms in total. The number of hydrogen-bond donors (Lipinski definition) is 1. The number of rotatable bonds is 11. The lowest BCUT2D eigenvalue weighted by molar-refractivity contribution is -0.152. The van der Waals surface area contributed by atoms with Crippen LogP contribution in [0.5, 0.6) is 0 Å². The first-order valence-corrected chi connectivity index (χ1v) is 10.4. The maximum absolute atomic E-state index is 13.1. The monoisotopic (exact) mass is 403 g/mol. The zero-order chi connectivity index (χ0) is 21.0. The molecule has 0 saturated carbocycles. The van der Waals surface area contributed by atoms with E-state index in [1.165, 1.54) is 0 Å². The van der Waals surface area contributed by atoms with Crippen molar-refractivity contribution in [2.45, 2.75) is 38.6 Å². The van der Waals surface area contributed by atoms with Crippen molar-refractivity contribution >= 4 is 5.97 Å². The van der Waals surface area contributed by atoms with Gasteiger partial charge in [0.2, 0.25) is 0 Å². The van der Waals surface area contributed by atoms with Crippen molar-refractivity contribution in [1.82, 2.24) is 4.90 Å². The third-order valence-corrected chi connectivity index (χ3v) is 5.03. The Morgan fingerprint density at radius 1 is 0.767 bits per heavy atom. The van der Waals surface area contributed by atoms with Crippen molar-refractivity contribution in [2.75, 3.05) is 6.61 Å². The van der Waals surface area contributed by atoms with Crippen LogP contribution in [0, 0.1) is 0 Å². The summed E-state index contributed by atoms with van der Waals surface area (Å²) in [5.41, 5.74) is 3.24. The van der Waals surface area contributed by atoms with Crippen LogP contribution in [-0.4, -0.2) is 28.6 Å². The Labute approximate surface area is 178 Å². The van der Waals surface area contributed by atoms with Crippen LogP contribution in [0.25, 0.3) is 0 Å². The minimum Gasteiger partial charge on any atom is -0.460 e. The largest absolute Gasteiger partial charge is 0.460 e.